The molecule has 0 atom stereocenters. The quantitative estimate of drug-likeness (QED) is 0.545. The van der Waals surface area contributed by atoms with Crippen LogP contribution in [0.3, 0.4) is 0 Å². The van der Waals surface area contributed by atoms with Gasteiger partial charge in [-0.15, -0.1) is 0 Å². The first-order valence-electron chi connectivity index (χ1n) is 3.43. The maximum Gasteiger partial charge on any atom is 0.126 e. The van der Waals surface area contributed by atoms with Crippen molar-refractivity contribution < 1.29 is 4.39 Å². The highest BCUT2D eigenvalue weighted by Gasteiger charge is 1.98. The number of hydrogen-bond donors (Lipinski definition) is 0. The van der Waals surface area contributed by atoms with Crippen LogP contribution in [0, 0.1) is 12.7 Å². The number of hydrogen-bond acceptors (Lipinski definition) is 1. The molecule has 0 aliphatic rings. The summed E-state index contributed by atoms with van der Waals surface area (Å²) in [6.45, 7) is 1.74. The zero-order valence-corrected chi connectivity index (χ0v) is 6.63. The fraction of sp³-hybridized carbons (Fsp3) is 0.222. The summed E-state index contributed by atoms with van der Waals surface area (Å²) in [5.74, 6) is -0.178. The summed E-state index contributed by atoms with van der Waals surface area (Å²) in [6.07, 6.45) is 1.65. The van der Waals surface area contributed by atoms with Gasteiger partial charge in [0.25, 0.3) is 0 Å². The molecule has 1 rings (SSSR count). The third-order valence-electron chi connectivity index (χ3n) is 1.58. The molecule has 0 aromatic heterocycles. The molecule has 0 unspecified atom stereocenters. The molecule has 0 aliphatic carbocycles. The first-order valence-corrected chi connectivity index (χ1v) is 3.43. The lowest BCUT2D eigenvalue weighted by molar-refractivity contribution is 0.618. The van der Waals surface area contributed by atoms with E-state index < -0.39 is 0 Å². The van der Waals surface area contributed by atoms with E-state index in [4.69, 9.17) is 0 Å². The number of benzene rings is 1. The van der Waals surface area contributed by atoms with Crippen molar-refractivity contribution in [1.82, 2.24) is 0 Å². The van der Waals surface area contributed by atoms with Gasteiger partial charge in [0.2, 0.25) is 0 Å². The topological polar surface area (TPSA) is 12.4 Å². The van der Waals surface area contributed by atoms with Crippen molar-refractivity contribution >= 4 is 6.21 Å². The van der Waals surface area contributed by atoms with E-state index in [0.717, 1.165) is 5.56 Å². The van der Waals surface area contributed by atoms with Gasteiger partial charge < -0.3 is 0 Å². The summed E-state index contributed by atoms with van der Waals surface area (Å²) in [5, 5.41) is 0. The molecule has 1 aromatic carbocycles. The Bertz CT molecular complexity index is 279. The summed E-state index contributed by atoms with van der Waals surface area (Å²) >= 11 is 0. The molecule has 0 amide bonds. The van der Waals surface area contributed by atoms with Gasteiger partial charge >= 0.3 is 0 Å². The summed E-state index contributed by atoms with van der Waals surface area (Å²) < 4.78 is 12.8. The van der Waals surface area contributed by atoms with Crippen molar-refractivity contribution in [2.24, 2.45) is 4.99 Å². The van der Waals surface area contributed by atoms with Gasteiger partial charge in [-0.2, -0.15) is 0 Å². The predicted octanol–water partition coefficient (Wildman–Crippen LogP) is 2.18. The Hall–Kier alpha value is -1.18. The molecule has 2 heteroatoms. The maximum atomic E-state index is 12.8. The minimum Gasteiger partial charge on any atom is -0.296 e. The number of rotatable bonds is 1. The average molecular weight is 151 g/mol. The Labute approximate surface area is 65.6 Å². The van der Waals surface area contributed by atoms with E-state index in [1.54, 1.807) is 26.3 Å². The van der Waals surface area contributed by atoms with E-state index in [0.29, 0.717) is 5.56 Å². The SMILES string of the molecule is C/N=C\c1cccc(F)c1C. The van der Waals surface area contributed by atoms with Crippen LogP contribution in [-0.2, 0) is 0 Å². The molecule has 1 nitrogen and oxygen atoms in total. The van der Waals surface area contributed by atoms with Gasteiger partial charge in [-0.25, -0.2) is 4.39 Å². The lowest BCUT2D eigenvalue weighted by Crippen LogP contribution is -1.89. The van der Waals surface area contributed by atoms with E-state index in [2.05, 4.69) is 4.99 Å². The maximum absolute atomic E-state index is 12.8. The number of nitrogens with zero attached hydrogens (tertiary/aromatic N) is 1. The van der Waals surface area contributed by atoms with Gasteiger partial charge in [0.05, 0.1) is 0 Å². The molecule has 0 N–H and O–H groups in total. The average Bonchev–Trinajstić information content (AvgIpc) is 1.99. The normalized spacial score (nSPS) is 10.8. The standard InChI is InChI=1S/C9H10FN/c1-7-8(6-11-2)4-3-5-9(7)10/h3-6H,1-2H3/b11-6-. The van der Waals surface area contributed by atoms with Crippen LogP contribution in [0.1, 0.15) is 11.1 Å². The first kappa shape index (κ1) is 7.92. The van der Waals surface area contributed by atoms with Crippen molar-refractivity contribution in [1.29, 1.82) is 0 Å². The van der Waals surface area contributed by atoms with Crippen LogP contribution in [0.2, 0.25) is 0 Å². The first-order chi connectivity index (χ1) is 5.25. The summed E-state index contributed by atoms with van der Waals surface area (Å²) in [7, 11) is 1.67. The second-order valence-corrected chi connectivity index (χ2v) is 2.34. The molecule has 0 saturated carbocycles. The van der Waals surface area contributed by atoms with Gasteiger partial charge in [-0.3, -0.25) is 4.99 Å². The molecule has 58 valence electrons. The Morgan fingerprint density at radius 2 is 2.18 bits per heavy atom. The molecule has 0 fully saturated rings. The summed E-state index contributed by atoms with van der Waals surface area (Å²) in [6, 6.07) is 4.97. The lowest BCUT2D eigenvalue weighted by atomic mass is 10.1. The Balaban J connectivity index is 3.16. The zero-order chi connectivity index (χ0) is 8.27. The lowest BCUT2D eigenvalue weighted by Gasteiger charge is -1.98. The van der Waals surface area contributed by atoms with Crippen LogP contribution in [0.15, 0.2) is 23.2 Å². The number of aliphatic imine (C=N–C) groups is 1. The number of halogens is 1. The van der Waals surface area contributed by atoms with Gasteiger partial charge in [0.1, 0.15) is 5.82 Å². The van der Waals surface area contributed by atoms with E-state index in [1.807, 2.05) is 6.07 Å². The summed E-state index contributed by atoms with van der Waals surface area (Å²) in [5.41, 5.74) is 1.49. The Morgan fingerprint density at radius 1 is 1.45 bits per heavy atom. The van der Waals surface area contributed by atoms with Crippen LogP contribution in [0.4, 0.5) is 4.39 Å². The molecular weight excluding hydrogens is 141 g/mol. The predicted molar refractivity (Wildman–Crippen MR) is 44.7 cm³/mol. The van der Waals surface area contributed by atoms with Crippen molar-refractivity contribution in [3.8, 4) is 0 Å². The fourth-order valence-corrected chi connectivity index (χ4v) is 0.903. The smallest absolute Gasteiger partial charge is 0.126 e. The fourth-order valence-electron chi connectivity index (χ4n) is 0.903. The molecule has 0 spiro atoms. The Morgan fingerprint density at radius 3 is 2.82 bits per heavy atom. The van der Waals surface area contributed by atoms with Crippen molar-refractivity contribution in [2.75, 3.05) is 7.05 Å². The minimum absolute atomic E-state index is 0.178. The molecule has 1 aromatic rings. The van der Waals surface area contributed by atoms with Gasteiger partial charge in [-0.05, 0) is 24.1 Å². The second kappa shape index (κ2) is 3.28. The van der Waals surface area contributed by atoms with Crippen molar-refractivity contribution in [2.45, 2.75) is 6.92 Å². The van der Waals surface area contributed by atoms with Gasteiger partial charge in [0, 0.05) is 13.3 Å². The summed E-state index contributed by atoms with van der Waals surface area (Å²) in [4.78, 5) is 3.82. The van der Waals surface area contributed by atoms with Crippen LogP contribution in [0.25, 0.3) is 0 Å². The highest BCUT2D eigenvalue weighted by atomic mass is 19.1. The zero-order valence-electron chi connectivity index (χ0n) is 6.63. The van der Waals surface area contributed by atoms with Crippen LogP contribution < -0.4 is 0 Å². The van der Waals surface area contributed by atoms with Crippen LogP contribution in [-0.4, -0.2) is 13.3 Å². The van der Waals surface area contributed by atoms with Crippen molar-refractivity contribution in [3.05, 3.63) is 35.1 Å². The third kappa shape index (κ3) is 1.64. The Kier molecular flexibility index (Phi) is 2.36. The molecule has 0 heterocycles. The second-order valence-electron chi connectivity index (χ2n) is 2.34. The van der Waals surface area contributed by atoms with E-state index >= 15 is 0 Å². The van der Waals surface area contributed by atoms with Gasteiger partial charge in [-0.1, -0.05) is 12.1 Å². The largest absolute Gasteiger partial charge is 0.296 e. The molecule has 0 saturated heterocycles. The van der Waals surface area contributed by atoms with Gasteiger partial charge in [0.15, 0.2) is 0 Å². The minimum atomic E-state index is -0.178. The molecule has 0 aliphatic heterocycles. The van der Waals surface area contributed by atoms with E-state index in [-0.39, 0.29) is 5.82 Å². The molecule has 0 bridgehead atoms. The molecular formula is C9H10FN. The van der Waals surface area contributed by atoms with Crippen molar-refractivity contribution in [3.63, 3.8) is 0 Å². The highest BCUT2D eigenvalue weighted by molar-refractivity contribution is 5.81. The van der Waals surface area contributed by atoms with Crippen LogP contribution in [0.5, 0.6) is 0 Å². The monoisotopic (exact) mass is 151 g/mol. The highest BCUT2D eigenvalue weighted by Crippen LogP contribution is 2.09. The third-order valence-corrected chi connectivity index (χ3v) is 1.58. The molecule has 0 radical (unpaired) electrons. The van der Waals surface area contributed by atoms with E-state index in [1.165, 1.54) is 6.07 Å². The van der Waals surface area contributed by atoms with E-state index in [9.17, 15) is 4.39 Å². The van der Waals surface area contributed by atoms with Crippen LogP contribution >= 0.6 is 0 Å². The molecule has 11 heavy (non-hydrogen) atoms.